The molecule has 0 fully saturated rings. The number of hydrogen-bond donors (Lipinski definition) is 3. The number of hydrogen-bond acceptors (Lipinski definition) is 3. The Morgan fingerprint density at radius 3 is 2.36 bits per heavy atom. The fraction of sp³-hybridized carbons (Fsp3) is 0.429. The molecule has 1 aromatic carbocycles. The van der Waals surface area contributed by atoms with Gasteiger partial charge in [0.2, 0.25) is 0 Å². The number of carbonyl (C=O) groups excluding carboxylic acids is 1. The number of anilines is 1. The number of rotatable bonds is 6. The second kappa shape index (κ2) is 6.67. The van der Waals surface area contributed by atoms with Crippen molar-refractivity contribution in [3.05, 3.63) is 28.8 Å². The van der Waals surface area contributed by atoms with Crippen LogP contribution in [0.15, 0.2) is 12.1 Å². The maximum Gasteiger partial charge on any atom is 0.389 e. The fourth-order valence-electron chi connectivity index (χ4n) is 2.04. The maximum atomic E-state index is 12.3. The minimum absolute atomic E-state index is 0.0432. The van der Waals surface area contributed by atoms with E-state index in [9.17, 15) is 22.8 Å². The summed E-state index contributed by atoms with van der Waals surface area (Å²) in [5, 5.41) is 11.7. The molecule has 0 aliphatic rings. The van der Waals surface area contributed by atoms with Gasteiger partial charge in [-0.05, 0) is 30.5 Å². The number of alkyl halides is 3. The van der Waals surface area contributed by atoms with Crippen molar-refractivity contribution in [2.45, 2.75) is 26.4 Å². The zero-order chi connectivity index (χ0) is 17.1. The van der Waals surface area contributed by atoms with Crippen molar-refractivity contribution in [1.29, 1.82) is 0 Å². The van der Waals surface area contributed by atoms with Gasteiger partial charge in [0.15, 0.2) is 0 Å². The van der Waals surface area contributed by atoms with E-state index in [-0.39, 0.29) is 23.4 Å². The molecule has 0 bridgehead atoms. The Balaban J connectivity index is 2.99. The summed E-state index contributed by atoms with van der Waals surface area (Å²) in [6.07, 6.45) is -5.27. The van der Waals surface area contributed by atoms with Crippen molar-refractivity contribution >= 4 is 17.6 Å². The third-order valence-electron chi connectivity index (χ3n) is 3.08. The largest absolute Gasteiger partial charge is 0.478 e. The predicted molar refractivity (Wildman–Crippen MR) is 75.0 cm³/mol. The number of nitrogens with one attached hydrogen (secondary N) is 1. The lowest BCUT2D eigenvalue weighted by Crippen LogP contribution is -2.22. The van der Waals surface area contributed by atoms with Crippen molar-refractivity contribution in [3.63, 3.8) is 0 Å². The summed E-state index contributed by atoms with van der Waals surface area (Å²) in [6.45, 7) is 2.84. The van der Waals surface area contributed by atoms with Crippen molar-refractivity contribution in [2.75, 3.05) is 11.9 Å². The van der Waals surface area contributed by atoms with Crippen LogP contribution in [0.5, 0.6) is 0 Å². The molecule has 0 heterocycles. The molecule has 4 N–H and O–H groups in total. The van der Waals surface area contributed by atoms with Crippen LogP contribution >= 0.6 is 0 Å². The molecular weight excluding hydrogens is 301 g/mol. The monoisotopic (exact) mass is 318 g/mol. The first-order valence-corrected chi connectivity index (χ1v) is 6.49. The molecule has 122 valence electrons. The Morgan fingerprint density at radius 1 is 1.32 bits per heavy atom. The summed E-state index contributed by atoms with van der Waals surface area (Å²) in [4.78, 5) is 22.5. The summed E-state index contributed by atoms with van der Waals surface area (Å²) in [5.74, 6) is -2.72. The highest BCUT2D eigenvalue weighted by Gasteiger charge is 2.29. The lowest BCUT2D eigenvalue weighted by molar-refractivity contribution is -0.142. The van der Waals surface area contributed by atoms with Gasteiger partial charge in [0.1, 0.15) is 0 Å². The Bertz CT molecular complexity index is 585. The first-order chi connectivity index (χ1) is 10.0. The van der Waals surface area contributed by atoms with Gasteiger partial charge in [-0.2, -0.15) is 13.2 Å². The Hall–Kier alpha value is -2.25. The zero-order valence-electron chi connectivity index (χ0n) is 12.1. The molecule has 1 rings (SSSR count). The zero-order valence-corrected chi connectivity index (χ0v) is 12.1. The normalized spacial score (nSPS) is 12.8. The summed E-state index contributed by atoms with van der Waals surface area (Å²) in [6, 6.07) is 2.51. The minimum Gasteiger partial charge on any atom is -0.478 e. The second-order valence-corrected chi connectivity index (χ2v) is 5.19. The van der Waals surface area contributed by atoms with E-state index in [1.165, 1.54) is 26.0 Å². The van der Waals surface area contributed by atoms with Crippen molar-refractivity contribution in [2.24, 2.45) is 11.7 Å². The molecule has 0 spiro atoms. The van der Waals surface area contributed by atoms with Gasteiger partial charge in [0.25, 0.3) is 5.91 Å². The predicted octanol–water partition coefficient (Wildman–Crippen LogP) is 2.79. The smallest absolute Gasteiger partial charge is 0.389 e. The van der Waals surface area contributed by atoms with Crippen LogP contribution in [0.1, 0.15) is 39.6 Å². The third kappa shape index (κ3) is 4.94. The molecule has 0 aliphatic carbocycles. The molecule has 0 radical (unpaired) electrons. The van der Waals surface area contributed by atoms with Crippen LogP contribution in [0.3, 0.4) is 0 Å². The number of benzene rings is 1. The number of aromatic carboxylic acids is 1. The van der Waals surface area contributed by atoms with Crippen LogP contribution in [-0.2, 0) is 0 Å². The molecule has 0 saturated carbocycles. The number of carbonyl (C=O) groups is 2. The van der Waals surface area contributed by atoms with Crippen molar-refractivity contribution in [1.82, 2.24) is 0 Å². The SMILES string of the molecule is Cc1cc(C(N)=O)c(NCC(C)CC(F)(F)F)cc1C(=O)O. The molecular formula is C14H17F3N2O3. The summed E-state index contributed by atoms with van der Waals surface area (Å²) >= 11 is 0. The molecule has 0 saturated heterocycles. The van der Waals surface area contributed by atoms with Crippen LogP contribution in [0.4, 0.5) is 18.9 Å². The lowest BCUT2D eigenvalue weighted by Gasteiger charge is -2.17. The summed E-state index contributed by atoms with van der Waals surface area (Å²) < 4.78 is 36.8. The van der Waals surface area contributed by atoms with Crippen LogP contribution in [0.25, 0.3) is 0 Å². The third-order valence-corrected chi connectivity index (χ3v) is 3.08. The molecule has 8 heteroatoms. The Morgan fingerprint density at radius 2 is 1.91 bits per heavy atom. The van der Waals surface area contributed by atoms with Gasteiger partial charge >= 0.3 is 12.1 Å². The number of primary amides is 1. The molecule has 0 aromatic heterocycles. The van der Waals surface area contributed by atoms with Gasteiger partial charge in [-0.25, -0.2) is 4.79 Å². The van der Waals surface area contributed by atoms with Crippen LogP contribution in [0.2, 0.25) is 0 Å². The molecule has 1 atom stereocenters. The van der Waals surface area contributed by atoms with Gasteiger partial charge in [0.05, 0.1) is 11.1 Å². The van der Waals surface area contributed by atoms with E-state index in [1.54, 1.807) is 0 Å². The van der Waals surface area contributed by atoms with Gasteiger partial charge in [-0.15, -0.1) is 0 Å². The molecule has 1 amide bonds. The first-order valence-electron chi connectivity index (χ1n) is 6.49. The molecule has 5 nitrogen and oxygen atoms in total. The van der Waals surface area contributed by atoms with E-state index in [0.29, 0.717) is 5.56 Å². The second-order valence-electron chi connectivity index (χ2n) is 5.19. The quantitative estimate of drug-likeness (QED) is 0.752. The van der Waals surface area contributed by atoms with E-state index in [4.69, 9.17) is 10.8 Å². The van der Waals surface area contributed by atoms with E-state index in [1.807, 2.05) is 0 Å². The lowest BCUT2D eigenvalue weighted by atomic mass is 10.0. The van der Waals surface area contributed by atoms with E-state index < -0.39 is 30.4 Å². The summed E-state index contributed by atoms with van der Waals surface area (Å²) in [5.41, 5.74) is 5.67. The van der Waals surface area contributed by atoms with Gasteiger partial charge in [-0.3, -0.25) is 4.79 Å². The van der Waals surface area contributed by atoms with E-state index in [2.05, 4.69) is 5.32 Å². The Kier molecular flexibility index (Phi) is 5.40. The molecule has 0 aliphatic heterocycles. The van der Waals surface area contributed by atoms with Crippen LogP contribution < -0.4 is 11.1 Å². The van der Waals surface area contributed by atoms with Crippen molar-refractivity contribution in [3.8, 4) is 0 Å². The van der Waals surface area contributed by atoms with E-state index >= 15 is 0 Å². The Labute approximate surface area is 125 Å². The number of carboxylic acid groups (broad SMARTS) is 1. The fourth-order valence-corrected chi connectivity index (χ4v) is 2.04. The average Bonchev–Trinajstić information content (AvgIpc) is 2.34. The number of halogens is 3. The van der Waals surface area contributed by atoms with Crippen molar-refractivity contribution < 1.29 is 27.9 Å². The number of carboxylic acids is 1. The maximum absolute atomic E-state index is 12.3. The average molecular weight is 318 g/mol. The summed E-state index contributed by atoms with van der Waals surface area (Å²) in [7, 11) is 0. The highest BCUT2D eigenvalue weighted by Crippen LogP contribution is 2.26. The number of aryl methyl sites for hydroxylation is 1. The van der Waals surface area contributed by atoms with Gasteiger partial charge < -0.3 is 16.2 Å². The van der Waals surface area contributed by atoms with Crippen LogP contribution in [-0.4, -0.2) is 29.7 Å². The van der Waals surface area contributed by atoms with Gasteiger partial charge in [-0.1, -0.05) is 6.92 Å². The standard InChI is InChI=1S/C14H17F3N2O3/c1-7(5-14(15,16)17)6-19-11-4-9(13(21)22)8(2)3-10(11)12(18)20/h3-4,7,19H,5-6H2,1-2H3,(H2,18,20)(H,21,22). The molecule has 1 unspecified atom stereocenters. The van der Waals surface area contributed by atoms with Crippen LogP contribution in [0, 0.1) is 12.8 Å². The number of amides is 1. The molecule has 1 aromatic rings. The first kappa shape index (κ1) is 17.8. The highest BCUT2D eigenvalue weighted by molar-refractivity contribution is 6.01. The highest BCUT2D eigenvalue weighted by atomic mass is 19.4. The van der Waals surface area contributed by atoms with Gasteiger partial charge in [0, 0.05) is 18.7 Å². The minimum atomic E-state index is -4.28. The number of nitrogens with two attached hydrogens (primary N) is 1. The topological polar surface area (TPSA) is 92.4 Å². The van der Waals surface area contributed by atoms with E-state index in [0.717, 1.165) is 0 Å². The molecule has 22 heavy (non-hydrogen) atoms.